The quantitative estimate of drug-likeness (QED) is 0.227. The van der Waals surface area contributed by atoms with Crippen LogP contribution in [0.15, 0.2) is 22.9 Å². The predicted octanol–water partition coefficient (Wildman–Crippen LogP) is 2.04. The summed E-state index contributed by atoms with van der Waals surface area (Å²) in [5, 5.41) is 4.13. The summed E-state index contributed by atoms with van der Waals surface area (Å²) < 4.78 is 28.4. The summed E-state index contributed by atoms with van der Waals surface area (Å²) in [7, 11) is 1.27. The molecule has 4 heterocycles. The number of methoxy groups -OCH3 is 2. The maximum atomic E-state index is 11.9. The maximum absolute atomic E-state index is 11.9. The van der Waals surface area contributed by atoms with E-state index >= 15 is 0 Å². The number of hydrogen-bond donors (Lipinski definition) is 2. The minimum Gasteiger partial charge on any atom is -0.480 e. The predicted molar refractivity (Wildman–Crippen MR) is 151 cm³/mol. The van der Waals surface area contributed by atoms with Gasteiger partial charge in [0.1, 0.15) is 19.4 Å². The zero-order chi connectivity index (χ0) is 28.7. The van der Waals surface area contributed by atoms with Gasteiger partial charge in [-0.05, 0) is 13.0 Å². The van der Waals surface area contributed by atoms with Crippen LogP contribution in [-0.2, 0) is 16.0 Å². The molecule has 0 aliphatic carbocycles. The first-order chi connectivity index (χ1) is 19.2. The Morgan fingerprint density at radius 1 is 1.10 bits per heavy atom. The third-order valence-electron chi connectivity index (χ3n) is 6.24. The molecule has 3 aromatic heterocycles. The molecular formula is C26H37N7O6Si. The lowest BCUT2D eigenvalue weighted by atomic mass is 10.1. The Hall–Kier alpha value is -3.75. The van der Waals surface area contributed by atoms with Crippen molar-refractivity contribution in [3.63, 3.8) is 0 Å². The van der Waals surface area contributed by atoms with E-state index < -0.39 is 14.0 Å². The number of morpholine rings is 1. The highest BCUT2D eigenvalue weighted by Gasteiger charge is 2.26. The van der Waals surface area contributed by atoms with Gasteiger partial charge in [0.05, 0.1) is 40.1 Å². The zero-order valence-electron chi connectivity index (χ0n) is 23.7. The maximum Gasteiger partial charge on any atom is 0.292 e. The molecule has 0 spiro atoms. The van der Waals surface area contributed by atoms with Gasteiger partial charge in [-0.2, -0.15) is 9.97 Å². The van der Waals surface area contributed by atoms with Crippen LogP contribution < -0.4 is 30.6 Å². The van der Waals surface area contributed by atoms with E-state index in [0.29, 0.717) is 23.6 Å². The standard InChI is InChI=1S/C26H37N7O6Si/c1-35-24-23(25(36-2)32-26(31-24)29-7-6-8-33-9-11-37-12-10-33)17-13-22(38-18(17)14-19(27)34)39-20-15-28-16-21(30-20)40(3,4)5/h13,15-16H,6-12,14H2,1-5H3,(H2,27,34)(H,29,31,32). The lowest BCUT2D eigenvalue weighted by Gasteiger charge is -2.26. The topological polar surface area (TPSA) is 160 Å². The Labute approximate surface area is 234 Å². The molecule has 0 saturated carbocycles. The average Bonchev–Trinajstić information content (AvgIpc) is 3.31. The van der Waals surface area contributed by atoms with Crippen LogP contribution in [0, 0.1) is 0 Å². The van der Waals surface area contributed by atoms with Crippen LogP contribution in [-0.4, -0.2) is 92.4 Å². The largest absolute Gasteiger partial charge is 0.480 e. The number of ether oxygens (including phenoxy) is 4. The second-order valence-electron chi connectivity index (χ2n) is 10.3. The van der Waals surface area contributed by atoms with Gasteiger partial charge in [-0.3, -0.25) is 14.7 Å². The van der Waals surface area contributed by atoms with E-state index in [1.165, 1.54) is 20.4 Å². The van der Waals surface area contributed by atoms with Crippen molar-refractivity contribution in [2.75, 3.05) is 58.9 Å². The van der Waals surface area contributed by atoms with Crippen molar-refractivity contribution in [3.8, 4) is 34.7 Å². The second-order valence-corrected chi connectivity index (χ2v) is 15.3. The van der Waals surface area contributed by atoms with E-state index in [0.717, 1.165) is 44.6 Å². The monoisotopic (exact) mass is 571 g/mol. The second kappa shape index (κ2) is 13.1. The van der Waals surface area contributed by atoms with Crippen LogP contribution in [0.2, 0.25) is 19.6 Å². The number of furan rings is 1. The first-order valence-electron chi connectivity index (χ1n) is 13.1. The third kappa shape index (κ3) is 7.46. The molecule has 1 aliphatic heterocycles. The SMILES string of the molecule is COc1nc(NCCCN2CCOCC2)nc(OC)c1-c1cc(Oc2cncc([Si](C)(C)C)n2)oc1CC(N)=O. The van der Waals surface area contributed by atoms with Crippen molar-refractivity contribution in [2.24, 2.45) is 5.73 Å². The van der Waals surface area contributed by atoms with Crippen molar-refractivity contribution < 1.29 is 28.2 Å². The number of amides is 1. The fraction of sp³-hybridized carbons (Fsp3) is 0.500. The molecule has 0 aromatic carbocycles. The Bertz CT molecular complexity index is 1280. The van der Waals surface area contributed by atoms with Gasteiger partial charge in [0.2, 0.25) is 29.5 Å². The van der Waals surface area contributed by atoms with E-state index in [4.69, 9.17) is 29.1 Å². The van der Waals surface area contributed by atoms with Crippen LogP contribution in [0.3, 0.4) is 0 Å². The Morgan fingerprint density at radius 2 is 1.80 bits per heavy atom. The van der Waals surface area contributed by atoms with Gasteiger partial charge in [0, 0.05) is 42.8 Å². The molecule has 1 aliphatic rings. The molecule has 4 rings (SSSR count). The number of carbonyl (C=O) groups is 1. The molecule has 3 N–H and O–H groups in total. The number of aromatic nitrogens is 4. The molecule has 14 heteroatoms. The number of anilines is 1. The lowest BCUT2D eigenvalue weighted by Crippen LogP contribution is -2.40. The minimum atomic E-state index is -1.72. The van der Waals surface area contributed by atoms with Crippen LogP contribution in [0.4, 0.5) is 5.95 Å². The lowest BCUT2D eigenvalue weighted by molar-refractivity contribution is -0.117. The molecule has 0 atom stereocenters. The summed E-state index contributed by atoms with van der Waals surface area (Å²) >= 11 is 0. The van der Waals surface area contributed by atoms with E-state index in [1.54, 1.807) is 12.3 Å². The van der Waals surface area contributed by atoms with Crippen molar-refractivity contribution in [2.45, 2.75) is 32.5 Å². The van der Waals surface area contributed by atoms with Crippen molar-refractivity contribution in [1.29, 1.82) is 0 Å². The van der Waals surface area contributed by atoms with Gasteiger partial charge < -0.3 is 34.4 Å². The van der Waals surface area contributed by atoms with Crippen LogP contribution >= 0.6 is 0 Å². The van der Waals surface area contributed by atoms with E-state index in [1.807, 2.05) is 0 Å². The van der Waals surface area contributed by atoms with Gasteiger partial charge >= 0.3 is 0 Å². The summed E-state index contributed by atoms with van der Waals surface area (Å²) in [5.41, 5.74) is 6.37. The fourth-order valence-electron chi connectivity index (χ4n) is 4.17. The van der Waals surface area contributed by atoms with Crippen molar-refractivity contribution in [1.82, 2.24) is 24.8 Å². The van der Waals surface area contributed by atoms with Gasteiger partial charge in [-0.1, -0.05) is 19.6 Å². The van der Waals surface area contributed by atoms with Gasteiger partial charge in [-0.25, -0.2) is 4.98 Å². The van der Waals surface area contributed by atoms with Crippen molar-refractivity contribution in [3.05, 3.63) is 24.2 Å². The average molecular weight is 572 g/mol. The summed E-state index contributed by atoms with van der Waals surface area (Å²) in [4.78, 5) is 32.2. The molecule has 0 bridgehead atoms. The van der Waals surface area contributed by atoms with Crippen molar-refractivity contribution >= 4 is 25.2 Å². The molecule has 0 radical (unpaired) electrons. The fourth-order valence-corrected chi connectivity index (χ4v) is 5.08. The molecule has 0 unspecified atom stereocenters. The number of rotatable bonds is 13. The number of hydrogen-bond acceptors (Lipinski definition) is 12. The molecule has 1 amide bonds. The molecule has 1 saturated heterocycles. The molecule has 3 aromatic rings. The summed E-state index contributed by atoms with van der Waals surface area (Å²) in [6, 6.07) is 1.61. The number of primary amides is 1. The molecular weight excluding hydrogens is 534 g/mol. The first kappa shape index (κ1) is 29.2. The number of carbonyl (C=O) groups excluding carboxylic acids is 1. The summed E-state index contributed by atoms with van der Waals surface area (Å²) in [6.07, 6.45) is 3.97. The normalized spacial score (nSPS) is 14.1. The molecule has 216 valence electrons. The summed E-state index contributed by atoms with van der Waals surface area (Å²) in [5.74, 6) is 0.875. The molecule has 13 nitrogen and oxygen atoms in total. The van der Waals surface area contributed by atoms with E-state index in [9.17, 15) is 4.79 Å². The Balaban J connectivity index is 1.59. The van der Waals surface area contributed by atoms with Crippen LogP contribution in [0.5, 0.6) is 23.6 Å². The number of nitrogens with zero attached hydrogens (tertiary/aromatic N) is 5. The Morgan fingerprint density at radius 3 is 2.42 bits per heavy atom. The zero-order valence-corrected chi connectivity index (χ0v) is 24.7. The summed E-state index contributed by atoms with van der Waals surface area (Å²) in [6.45, 7) is 11.5. The highest BCUT2D eigenvalue weighted by atomic mass is 28.3. The van der Waals surface area contributed by atoms with E-state index in [-0.39, 0.29) is 35.8 Å². The van der Waals surface area contributed by atoms with Crippen LogP contribution in [0.25, 0.3) is 11.1 Å². The van der Waals surface area contributed by atoms with Crippen LogP contribution in [0.1, 0.15) is 12.2 Å². The van der Waals surface area contributed by atoms with Gasteiger partial charge in [0.15, 0.2) is 0 Å². The van der Waals surface area contributed by atoms with Gasteiger partial charge in [-0.15, -0.1) is 0 Å². The number of nitrogens with one attached hydrogen (secondary N) is 1. The smallest absolute Gasteiger partial charge is 0.292 e. The van der Waals surface area contributed by atoms with Gasteiger partial charge in [0.25, 0.3) is 5.95 Å². The first-order valence-corrected chi connectivity index (χ1v) is 16.6. The highest BCUT2D eigenvalue weighted by Crippen LogP contribution is 2.42. The molecule has 1 fully saturated rings. The van der Waals surface area contributed by atoms with E-state index in [2.05, 4.69) is 49.8 Å². The highest BCUT2D eigenvalue weighted by molar-refractivity contribution is 6.88. The number of nitrogens with two attached hydrogens (primary N) is 1. The minimum absolute atomic E-state index is 0.0997. The molecule has 40 heavy (non-hydrogen) atoms. The third-order valence-corrected chi connectivity index (χ3v) is 8.02. The Kier molecular flexibility index (Phi) is 9.55.